The van der Waals surface area contributed by atoms with Gasteiger partial charge in [-0.25, -0.2) is 4.79 Å². The molecule has 0 spiro atoms. The number of benzene rings is 1. The molecular formula is C17H22O2. The standard InChI is InChI=1S/C17H22O2/c1-16(2)13-9-10-17(16,3)14(11-13)19-15(18)12-7-5-4-6-8-12/h4-8,13-14H,9-11H2,1-3H3/t13-,14+,17-/m0/s1. The number of rotatable bonds is 2. The zero-order valence-corrected chi connectivity index (χ0v) is 12.0. The van der Waals surface area contributed by atoms with Crippen LogP contribution in [-0.4, -0.2) is 12.1 Å². The summed E-state index contributed by atoms with van der Waals surface area (Å²) >= 11 is 0. The minimum atomic E-state index is -0.171. The fourth-order valence-corrected chi connectivity index (χ4v) is 4.08. The van der Waals surface area contributed by atoms with Crippen molar-refractivity contribution in [2.75, 3.05) is 0 Å². The van der Waals surface area contributed by atoms with Crippen molar-refractivity contribution in [2.24, 2.45) is 16.7 Å². The average molecular weight is 258 g/mol. The van der Waals surface area contributed by atoms with Gasteiger partial charge in [-0.1, -0.05) is 39.0 Å². The predicted molar refractivity (Wildman–Crippen MR) is 74.9 cm³/mol. The molecule has 3 rings (SSSR count). The van der Waals surface area contributed by atoms with Crippen molar-refractivity contribution in [1.29, 1.82) is 0 Å². The van der Waals surface area contributed by atoms with E-state index in [4.69, 9.17) is 4.74 Å². The third-order valence-electron chi connectivity index (χ3n) is 5.97. The molecule has 0 amide bonds. The molecule has 1 aromatic carbocycles. The number of hydrogen-bond acceptors (Lipinski definition) is 2. The van der Waals surface area contributed by atoms with Gasteiger partial charge in [0, 0.05) is 5.41 Å². The highest BCUT2D eigenvalue weighted by atomic mass is 16.5. The molecular weight excluding hydrogens is 236 g/mol. The second-order valence-electron chi connectivity index (χ2n) is 6.87. The Balaban J connectivity index is 1.78. The molecule has 102 valence electrons. The van der Waals surface area contributed by atoms with Crippen molar-refractivity contribution in [3.8, 4) is 0 Å². The summed E-state index contributed by atoms with van der Waals surface area (Å²) in [5.74, 6) is 0.529. The molecule has 2 heteroatoms. The van der Waals surface area contributed by atoms with E-state index < -0.39 is 0 Å². The Morgan fingerprint density at radius 2 is 1.89 bits per heavy atom. The highest BCUT2D eigenvalue weighted by Gasteiger charge is 2.62. The van der Waals surface area contributed by atoms with Gasteiger partial charge in [-0.05, 0) is 42.7 Å². The minimum Gasteiger partial charge on any atom is -0.458 e. The van der Waals surface area contributed by atoms with E-state index in [1.165, 1.54) is 12.8 Å². The Morgan fingerprint density at radius 3 is 2.42 bits per heavy atom. The van der Waals surface area contributed by atoms with Gasteiger partial charge in [-0.15, -0.1) is 0 Å². The van der Waals surface area contributed by atoms with E-state index in [2.05, 4.69) is 20.8 Å². The van der Waals surface area contributed by atoms with Crippen LogP contribution in [0.5, 0.6) is 0 Å². The number of carbonyl (C=O) groups excluding carboxylic acids is 1. The average Bonchev–Trinajstić information content (AvgIpc) is 2.73. The van der Waals surface area contributed by atoms with Crippen LogP contribution in [0.3, 0.4) is 0 Å². The highest BCUT2D eigenvalue weighted by molar-refractivity contribution is 5.89. The molecule has 0 aliphatic heterocycles. The number of esters is 1. The quantitative estimate of drug-likeness (QED) is 0.748. The number of hydrogen-bond donors (Lipinski definition) is 0. The molecule has 2 fully saturated rings. The molecule has 2 saturated carbocycles. The Kier molecular flexibility index (Phi) is 2.74. The molecule has 0 N–H and O–H groups in total. The van der Waals surface area contributed by atoms with Crippen LogP contribution in [0.4, 0.5) is 0 Å². The van der Waals surface area contributed by atoms with E-state index in [1.54, 1.807) is 0 Å². The van der Waals surface area contributed by atoms with Crippen molar-refractivity contribution in [3.63, 3.8) is 0 Å². The maximum atomic E-state index is 12.2. The lowest BCUT2D eigenvalue weighted by Gasteiger charge is -2.38. The Hall–Kier alpha value is -1.31. The van der Waals surface area contributed by atoms with Gasteiger partial charge in [-0.2, -0.15) is 0 Å². The molecule has 1 aromatic rings. The van der Waals surface area contributed by atoms with Gasteiger partial charge >= 0.3 is 5.97 Å². The summed E-state index contributed by atoms with van der Waals surface area (Å²) < 4.78 is 5.83. The summed E-state index contributed by atoms with van der Waals surface area (Å²) in [5, 5.41) is 0. The van der Waals surface area contributed by atoms with Gasteiger partial charge in [0.1, 0.15) is 6.10 Å². The fourth-order valence-electron chi connectivity index (χ4n) is 4.08. The van der Waals surface area contributed by atoms with Crippen molar-refractivity contribution >= 4 is 5.97 Å². The molecule has 0 aromatic heterocycles. The minimum absolute atomic E-state index is 0.0777. The molecule has 19 heavy (non-hydrogen) atoms. The first-order valence-corrected chi connectivity index (χ1v) is 7.21. The SMILES string of the molecule is CC1(C)[C@H]2CC[C@@]1(C)[C@H](OC(=O)c1ccccc1)C2. The molecule has 3 atom stereocenters. The van der Waals surface area contributed by atoms with Gasteiger partial charge in [0.05, 0.1) is 5.56 Å². The summed E-state index contributed by atoms with van der Waals surface area (Å²) in [6.45, 7) is 6.96. The van der Waals surface area contributed by atoms with Crippen LogP contribution in [-0.2, 0) is 4.74 Å². The van der Waals surface area contributed by atoms with Crippen LogP contribution in [0.1, 0.15) is 50.4 Å². The lowest BCUT2D eigenvalue weighted by molar-refractivity contribution is -0.0242. The number of ether oxygens (including phenoxy) is 1. The van der Waals surface area contributed by atoms with Crippen LogP contribution < -0.4 is 0 Å². The monoisotopic (exact) mass is 258 g/mol. The Bertz CT molecular complexity index is 491. The summed E-state index contributed by atoms with van der Waals surface area (Å²) in [6, 6.07) is 9.32. The normalized spacial score (nSPS) is 35.3. The Morgan fingerprint density at radius 1 is 1.21 bits per heavy atom. The van der Waals surface area contributed by atoms with Crippen LogP contribution in [0.25, 0.3) is 0 Å². The van der Waals surface area contributed by atoms with Gasteiger partial charge in [-0.3, -0.25) is 0 Å². The zero-order chi connectivity index (χ0) is 13.7. The van der Waals surface area contributed by atoms with Gasteiger partial charge in [0.25, 0.3) is 0 Å². The van der Waals surface area contributed by atoms with Gasteiger partial charge in [0.2, 0.25) is 0 Å². The maximum Gasteiger partial charge on any atom is 0.338 e. The number of fused-ring (bicyclic) bond motifs is 2. The lowest BCUT2D eigenvalue weighted by atomic mass is 9.70. The molecule has 0 heterocycles. The highest BCUT2D eigenvalue weighted by Crippen LogP contribution is 2.66. The summed E-state index contributed by atoms with van der Waals surface area (Å²) in [4.78, 5) is 12.2. The maximum absolute atomic E-state index is 12.2. The van der Waals surface area contributed by atoms with Crippen molar-refractivity contribution in [3.05, 3.63) is 35.9 Å². The summed E-state index contributed by atoms with van der Waals surface area (Å²) in [7, 11) is 0. The largest absolute Gasteiger partial charge is 0.458 e. The van der Waals surface area contributed by atoms with Crippen LogP contribution in [0.2, 0.25) is 0 Å². The molecule has 2 bridgehead atoms. The van der Waals surface area contributed by atoms with E-state index >= 15 is 0 Å². The predicted octanol–water partition coefficient (Wildman–Crippen LogP) is 4.06. The lowest BCUT2D eigenvalue weighted by Crippen LogP contribution is -2.38. The Labute approximate surface area is 115 Å². The molecule has 2 nitrogen and oxygen atoms in total. The smallest absolute Gasteiger partial charge is 0.338 e. The van der Waals surface area contributed by atoms with Gasteiger partial charge < -0.3 is 4.74 Å². The number of carbonyl (C=O) groups is 1. The van der Waals surface area contributed by atoms with E-state index in [0.717, 1.165) is 6.42 Å². The van der Waals surface area contributed by atoms with Crippen LogP contribution in [0.15, 0.2) is 30.3 Å². The molecule has 2 aliphatic rings. The summed E-state index contributed by atoms with van der Waals surface area (Å²) in [6.07, 6.45) is 3.57. The molecule has 2 aliphatic carbocycles. The zero-order valence-electron chi connectivity index (χ0n) is 12.0. The van der Waals surface area contributed by atoms with E-state index in [-0.39, 0.29) is 22.9 Å². The van der Waals surface area contributed by atoms with Crippen molar-refractivity contribution in [2.45, 2.75) is 46.1 Å². The van der Waals surface area contributed by atoms with E-state index in [1.807, 2.05) is 30.3 Å². The topological polar surface area (TPSA) is 26.3 Å². The van der Waals surface area contributed by atoms with E-state index in [9.17, 15) is 4.79 Å². The first kappa shape index (κ1) is 12.7. The van der Waals surface area contributed by atoms with E-state index in [0.29, 0.717) is 11.5 Å². The fraction of sp³-hybridized carbons (Fsp3) is 0.588. The first-order chi connectivity index (χ1) is 8.95. The molecule has 0 radical (unpaired) electrons. The van der Waals surface area contributed by atoms with Crippen LogP contribution in [0, 0.1) is 16.7 Å². The third kappa shape index (κ3) is 1.73. The van der Waals surface area contributed by atoms with Crippen LogP contribution >= 0.6 is 0 Å². The second-order valence-corrected chi connectivity index (χ2v) is 6.87. The van der Waals surface area contributed by atoms with Gasteiger partial charge in [0.15, 0.2) is 0 Å². The third-order valence-corrected chi connectivity index (χ3v) is 5.97. The van der Waals surface area contributed by atoms with Crippen molar-refractivity contribution < 1.29 is 9.53 Å². The molecule has 0 unspecified atom stereocenters. The summed E-state index contributed by atoms with van der Waals surface area (Å²) in [5.41, 5.74) is 1.09. The first-order valence-electron chi connectivity index (χ1n) is 7.21. The molecule has 0 saturated heterocycles. The second kappa shape index (κ2) is 4.09. The van der Waals surface area contributed by atoms with Crippen molar-refractivity contribution in [1.82, 2.24) is 0 Å².